The fourth-order valence-corrected chi connectivity index (χ4v) is 1.59. The summed E-state index contributed by atoms with van der Waals surface area (Å²) in [6.07, 6.45) is 1.06. The van der Waals surface area contributed by atoms with Crippen molar-refractivity contribution in [2.45, 2.75) is 0 Å². The Morgan fingerprint density at radius 1 is 1.18 bits per heavy atom. The number of hydrogen-bond acceptors (Lipinski definition) is 3. The molecule has 0 aliphatic rings. The number of halogens is 1. The van der Waals surface area contributed by atoms with Gasteiger partial charge in [0.2, 0.25) is 5.76 Å². The lowest BCUT2D eigenvalue weighted by Crippen LogP contribution is -2.10. The van der Waals surface area contributed by atoms with Gasteiger partial charge in [0.1, 0.15) is 0 Å². The molecule has 0 bridgehead atoms. The molecule has 0 unspecified atom stereocenters. The van der Waals surface area contributed by atoms with E-state index in [2.05, 4.69) is 0 Å². The molecule has 1 heterocycles. The van der Waals surface area contributed by atoms with Crippen LogP contribution < -0.4 is 5.43 Å². The van der Waals surface area contributed by atoms with Crippen LogP contribution in [0.5, 0.6) is 0 Å². The summed E-state index contributed by atoms with van der Waals surface area (Å²) in [4.78, 5) is 22.6. The van der Waals surface area contributed by atoms with Gasteiger partial charge in [-0.1, -0.05) is 23.7 Å². The molecule has 4 nitrogen and oxygen atoms in total. The van der Waals surface area contributed by atoms with Crippen LogP contribution in [0.15, 0.2) is 45.8 Å². The number of carboxylic acid groups (broad SMARTS) is 1. The molecule has 5 heteroatoms. The van der Waals surface area contributed by atoms with Crippen molar-refractivity contribution in [3.63, 3.8) is 0 Å². The van der Waals surface area contributed by atoms with Crippen LogP contribution in [0.2, 0.25) is 5.02 Å². The summed E-state index contributed by atoms with van der Waals surface area (Å²) in [5, 5.41) is 9.45. The summed E-state index contributed by atoms with van der Waals surface area (Å²) in [5.74, 6) is -1.66. The summed E-state index contributed by atoms with van der Waals surface area (Å²) in [6.45, 7) is 0. The second kappa shape index (κ2) is 4.43. The van der Waals surface area contributed by atoms with Crippen LogP contribution in [0.4, 0.5) is 0 Å². The number of carboxylic acids is 1. The van der Waals surface area contributed by atoms with Gasteiger partial charge in [-0.15, -0.1) is 0 Å². The zero-order valence-electron chi connectivity index (χ0n) is 8.51. The Balaban J connectivity index is 2.70. The number of benzene rings is 1. The third kappa shape index (κ3) is 2.21. The Hall–Kier alpha value is -2.07. The minimum Gasteiger partial charge on any atom is -0.475 e. The van der Waals surface area contributed by atoms with E-state index in [9.17, 15) is 9.59 Å². The van der Waals surface area contributed by atoms with E-state index in [0.29, 0.717) is 10.6 Å². The van der Waals surface area contributed by atoms with Crippen molar-refractivity contribution in [1.29, 1.82) is 0 Å². The third-order valence-corrected chi connectivity index (χ3v) is 2.46. The molecule has 0 atom stereocenters. The van der Waals surface area contributed by atoms with Gasteiger partial charge in [0.05, 0.1) is 11.8 Å². The summed E-state index contributed by atoms with van der Waals surface area (Å²) in [6, 6.07) is 7.47. The van der Waals surface area contributed by atoms with Gasteiger partial charge in [0.25, 0.3) is 0 Å². The van der Waals surface area contributed by atoms with Crippen LogP contribution in [0, 0.1) is 0 Å². The lowest BCUT2D eigenvalue weighted by Gasteiger charge is -2.03. The molecule has 0 aliphatic carbocycles. The Kier molecular flexibility index (Phi) is 2.97. The molecule has 1 aromatic heterocycles. The molecule has 86 valence electrons. The third-order valence-electron chi connectivity index (χ3n) is 2.21. The van der Waals surface area contributed by atoms with E-state index in [1.165, 1.54) is 6.07 Å². The summed E-state index contributed by atoms with van der Waals surface area (Å²) < 4.78 is 4.85. The minimum atomic E-state index is -1.28. The Morgan fingerprint density at radius 2 is 1.82 bits per heavy atom. The quantitative estimate of drug-likeness (QED) is 0.890. The molecule has 1 N–H and O–H groups in total. The molecule has 0 aliphatic heterocycles. The first-order chi connectivity index (χ1) is 8.09. The van der Waals surface area contributed by atoms with Crippen molar-refractivity contribution >= 4 is 17.6 Å². The fraction of sp³-hybridized carbons (Fsp3) is 0. The molecule has 0 spiro atoms. The zero-order valence-corrected chi connectivity index (χ0v) is 9.27. The average Bonchev–Trinajstić information content (AvgIpc) is 2.30. The Labute approximate surface area is 101 Å². The highest BCUT2D eigenvalue weighted by Crippen LogP contribution is 2.22. The van der Waals surface area contributed by atoms with Gasteiger partial charge in [-0.25, -0.2) is 4.79 Å². The Bertz CT molecular complexity index is 613. The second-order valence-electron chi connectivity index (χ2n) is 3.30. The van der Waals surface area contributed by atoms with E-state index in [1.54, 1.807) is 24.3 Å². The van der Waals surface area contributed by atoms with Crippen molar-refractivity contribution in [2.75, 3.05) is 0 Å². The van der Waals surface area contributed by atoms with Gasteiger partial charge in [-0.05, 0) is 17.7 Å². The second-order valence-corrected chi connectivity index (χ2v) is 3.74. The SMILES string of the molecule is O=C(O)c1occc(=O)c1-c1ccc(Cl)cc1. The maximum Gasteiger partial charge on any atom is 0.372 e. The lowest BCUT2D eigenvalue weighted by atomic mass is 10.0. The first kappa shape index (κ1) is 11.4. The van der Waals surface area contributed by atoms with Crippen LogP contribution >= 0.6 is 11.6 Å². The zero-order chi connectivity index (χ0) is 12.4. The number of carbonyl (C=O) groups is 1. The minimum absolute atomic E-state index is 0.0247. The normalized spacial score (nSPS) is 10.2. The Morgan fingerprint density at radius 3 is 2.41 bits per heavy atom. The molecule has 0 fully saturated rings. The summed E-state index contributed by atoms with van der Waals surface area (Å²) >= 11 is 5.72. The smallest absolute Gasteiger partial charge is 0.372 e. The van der Waals surface area contributed by atoms with Gasteiger partial charge in [0.15, 0.2) is 5.43 Å². The maximum atomic E-state index is 11.7. The topological polar surface area (TPSA) is 67.5 Å². The molecule has 1 aromatic carbocycles. The van der Waals surface area contributed by atoms with Gasteiger partial charge >= 0.3 is 5.97 Å². The molecule has 0 radical (unpaired) electrons. The summed E-state index contributed by atoms with van der Waals surface area (Å²) in [5.41, 5.74) is 0.0776. The highest BCUT2D eigenvalue weighted by molar-refractivity contribution is 6.30. The largest absolute Gasteiger partial charge is 0.475 e. The first-order valence-electron chi connectivity index (χ1n) is 4.70. The van der Waals surface area contributed by atoms with E-state index >= 15 is 0 Å². The van der Waals surface area contributed by atoms with Crippen LogP contribution in [0.3, 0.4) is 0 Å². The van der Waals surface area contributed by atoms with Gasteiger partial charge in [-0.2, -0.15) is 0 Å². The molecular weight excluding hydrogens is 244 g/mol. The van der Waals surface area contributed by atoms with Crippen LogP contribution in [0.1, 0.15) is 10.6 Å². The van der Waals surface area contributed by atoms with Crippen LogP contribution in [-0.2, 0) is 0 Å². The molecule has 2 rings (SSSR count). The first-order valence-corrected chi connectivity index (χ1v) is 5.08. The fourth-order valence-electron chi connectivity index (χ4n) is 1.47. The van der Waals surface area contributed by atoms with Crippen molar-refractivity contribution in [3.8, 4) is 11.1 Å². The van der Waals surface area contributed by atoms with E-state index in [-0.39, 0.29) is 11.3 Å². The number of hydrogen-bond donors (Lipinski definition) is 1. The van der Waals surface area contributed by atoms with E-state index in [1.807, 2.05) is 0 Å². The van der Waals surface area contributed by atoms with Crippen molar-refractivity contribution in [1.82, 2.24) is 0 Å². The number of aromatic carboxylic acids is 1. The lowest BCUT2D eigenvalue weighted by molar-refractivity contribution is 0.0661. The molecule has 0 amide bonds. The molecular formula is C12H7ClO4. The highest BCUT2D eigenvalue weighted by atomic mass is 35.5. The number of rotatable bonds is 2. The molecule has 0 saturated carbocycles. The standard InChI is InChI=1S/C12H7ClO4/c13-8-3-1-7(2-4-8)10-9(14)5-6-17-11(10)12(15)16/h1-6H,(H,15,16). The van der Waals surface area contributed by atoms with Gasteiger partial charge in [-0.3, -0.25) is 4.79 Å². The average molecular weight is 251 g/mol. The molecule has 17 heavy (non-hydrogen) atoms. The molecule has 2 aromatic rings. The maximum absolute atomic E-state index is 11.7. The highest BCUT2D eigenvalue weighted by Gasteiger charge is 2.17. The predicted octanol–water partition coefficient (Wildman–Crippen LogP) is 2.66. The van der Waals surface area contributed by atoms with E-state index in [4.69, 9.17) is 21.1 Å². The van der Waals surface area contributed by atoms with Crippen molar-refractivity contribution in [3.05, 3.63) is 57.6 Å². The van der Waals surface area contributed by atoms with Crippen LogP contribution in [0.25, 0.3) is 11.1 Å². The van der Waals surface area contributed by atoms with Crippen LogP contribution in [-0.4, -0.2) is 11.1 Å². The van der Waals surface area contributed by atoms with Crippen molar-refractivity contribution < 1.29 is 14.3 Å². The molecule has 0 saturated heterocycles. The summed E-state index contributed by atoms with van der Waals surface area (Å²) in [7, 11) is 0. The van der Waals surface area contributed by atoms with E-state index < -0.39 is 11.4 Å². The van der Waals surface area contributed by atoms with Crippen molar-refractivity contribution in [2.24, 2.45) is 0 Å². The monoisotopic (exact) mass is 250 g/mol. The van der Waals surface area contributed by atoms with Gasteiger partial charge < -0.3 is 9.52 Å². The van der Waals surface area contributed by atoms with E-state index in [0.717, 1.165) is 6.26 Å². The van der Waals surface area contributed by atoms with Gasteiger partial charge in [0, 0.05) is 11.1 Å². The predicted molar refractivity (Wildman–Crippen MR) is 62.4 cm³/mol.